The third-order valence-corrected chi connectivity index (χ3v) is 5.32. The molecule has 0 radical (unpaired) electrons. The molecule has 3 rings (SSSR count). The molecule has 0 aliphatic carbocycles. The Kier molecular flexibility index (Phi) is 9.15. The number of benzene rings is 3. The highest BCUT2D eigenvalue weighted by molar-refractivity contribution is 9.10. The van der Waals surface area contributed by atoms with E-state index in [2.05, 4.69) is 26.5 Å². The van der Waals surface area contributed by atoms with Gasteiger partial charge in [-0.2, -0.15) is 5.10 Å². The molecule has 0 unspecified atom stereocenters. The van der Waals surface area contributed by atoms with Gasteiger partial charge < -0.3 is 14.2 Å². The number of nitrogens with one attached hydrogen (secondary N) is 1. The number of carbonyl (C=O) groups is 1. The molecule has 3 aromatic carbocycles. The maximum Gasteiger partial charge on any atom is 0.271 e. The Balaban J connectivity index is 1.59. The quantitative estimate of drug-likeness (QED) is 0.248. The summed E-state index contributed by atoms with van der Waals surface area (Å²) < 4.78 is 17.7. The van der Waals surface area contributed by atoms with Crippen LogP contribution in [0.25, 0.3) is 0 Å². The number of carbonyl (C=O) groups excluding carboxylic acids is 1. The average Bonchev–Trinajstić information content (AvgIpc) is 2.81. The van der Waals surface area contributed by atoms with Crippen LogP contribution in [-0.2, 0) is 6.61 Å². The van der Waals surface area contributed by atoms with Crippen LogP contribution in [0, 0.1) is 0 Å². The second-order valence-corrected chi connectivity index (χ2v) is 8.12. The molecule has 0 saturated carbocycles. The van der Waals surface area contributed by atoms with Gasteiger partial charge in [0.1, 0.15) is 12.4 Å². The first-order valence-electron chi connectivity index (χ1n) is 10.4. The first-order chi connectivity index (χ1) is 16.0. The van der Waals surface area contributed by atoms with Crippen LogP contribution in [0.15, 0.2) is 70.2 Å². The molecule has 0 atom stereocenters. The lowest BCUT2D eigenvalue weighted by molar-refractivity contribution is 0.0954. The SMILES string of the molecule is CCOc1ccc(C(=O)N/N=C/c2ccc(OCc3ccc(Cl)cc3)c(Br)c2)cc1OCC. The van der Waals surface area contributed by atoms with Crippen molar-refractivity contribution in [3.05, 3.63) is 86.8 Å². The number of amides is 1. The normalized spacial score (nSPS) is 10.8. The van der Waals surface area contributed by atoms with Crippen LogP contribution >= 0.6 is 27.5 Å². The molecule has 33 heavy (non-hydrogen) atoms. The van der Waals surface area contributed by atoms with E-state index in [-0.39, 0.29) is 5.91 Å². The van der Waals surface area contributed by atoms with E-state index in [1.807, 2.05) is 56.3 Å². The Morgan fingerprint density at radius 3 is 2.33 bits per heavy atom. The van der Waals surface area contributed by atoms with Crippen molar-refractivity contribution < 1.29 is 19.0 Å². The Morgan fingerprint density at radius 2 is 1.64 bits per heavy atom. The summed E-state index contributed by atoms with van der Waals surface area (Å²) in [6.07, 6.45) is 1.56. The van der Waals surface area contributed by atoms with Gasteiger partial charge in [-0.15, -0.1) is 0 Å². The van der Waals surface area contributed by atoms with Crippen molar-refractivity contribution in [3.8, 4) is 17.2 Å². The van der Waals surface area contributed by atoms with Crippen molar-refractivity contribution in [2.75, 3.05) is 13.2 Å². The van der Waals surface area contributed by atoms with Crippen LogP contribution in [-0.4, -0.2) is 25.3 Å². The van der Waals surface area contributed by atoms with Crippen molar-refractivity contribution >= 4 is 39.7 Å². The summed E-state index contributed by atoms with van der Waals surface area (Å²) in [7, 11) is 0. The minimum absolute atomic E-state index is 0.350. The molecule has 0 aromatic heterocycles. The summed E-state index contributed by atoms with van der Waals surface area (Å²) in [4.78, 5) is 12.5. The highest BCUT2D eigenvalue weighted by Crippen LogP contribution is 2.29. The zero-order valence-electron chi connectivity index (χ0n) is 18.3. The van der Waals surface area contributed by atoms with Crippen molar-refractivity contribution in [3.63, 3.8) is 0 Å². The minimum Gasteiger partial charge on any atom is -0.490 e. The van der Waals surface area contributed by atoms with Crippen molar-refractivity contribution in [2.24, 2.45) is 5.10 Å². The number of ether oxygens (including phenoxy) is 3. The summed E-state index contributed by atoms with van der Waals surface area (Å²) in [5, 5.41) is 4.74. The second kappa shape index (κ2) is 12.3. The highest BCUT2D eigenvalue weighted by atomic mass is 79.9. The predicted molar refractivity (Wildman–Crippen MR) is 134 cm³/mol. The van der Waals surface area contributed by atoms with E-state index < -0.39 is 0 Å². The van der Waals surface area contributed by atoms with Gasteiger partial charge in [0.05, 0.1) is 23.9 Å². The molecule has 172 valence electrons. The number of hydrazone groups is 1. The van der Waals surface area contributed by atoms with E-state index in [9.17, 15) is 4.79 Å². The fourth-order valence-corrected chi connectivity index (χ4v) is 3.52. The van der Waals surface area contributed by atoms with Crippen LogP contribution < -0.4 is 19.6 Å². The molecular weight excluding hydrogens is 508 g/mol. The molecule has 0 aliphatic heterocycles. The number of hydrogen-bond donors (Lipinski definition) is 1. The summed E-state index contributed by atoms with van der Waals surface area (Å²) in [5.41, 5.74) is 4.76. The summed E-state index contributed by atoms with van der Waals surface area (Å²) in [6.45, 7) is 5.17. The van der Waals surface area contributed by atoms with Gasteiger partial charge >= 0.3 is 0 Å². The van der Waals surface area contributed by atoms with Gasteiger partial charge in [0.25, 0.3) is 5.91 Å². The first-order valence-corrected chi connectivity index (χ1v) is 11.6. The molecule has 6 nitrogen and oxygen atoms in total. The number of rotatable bonds is 10. The monoisotopic (exact) mass is 530 g/mol. The lowest BCUT2D eigenvalue weighted by Crippen LogP contribution is -2.17. The standard InChI is InChI=1S/C25H24BrClN2O4/c1-3-31-23-12-8-19(14-24(23)32-4-2)25(30)29-28-15-18-7-11-22(21(26)13-18)33-16-17-5-9-20(27)10-6-17/h5-15H,3-4,16H2,1-2H3,(H,29,30)/b28-15+. The van der Waals surface area contributed by atoms with E-state index in [1.165, 1.54) is 0 Å². The van der Waals surface area contributed by atoms with E-state index in [0.29, 0.717) is 47.7 Å². The van der Waals surface area contributed by atoms with Gasteiger partial charge in [-0.05, 0) is 89.4 Å². The fourth-order valence-electron chi connectivity index (χ4n) is 2.88. The van der Waals surface area contributed by atoms with E-state index in [0.717, 1.165) is 15.6 Å². The van der Waals surface area contributed by atoms with Crippen LogP contribution in [0.5, 0.6) is 17.2 Å². The Bertz CT molecular complexity index is 1120. The molecule has 1 amide bonds. The van der Waals surface area contributed by atoms with E-state index in [1.54, 1.807) is 24.4 Å². The summed E-state index contributed by atoms with van der Waals surface area (Å²) in [6, 6.07) is 18.1. The maximum atomic E-state index is 12.5. The van der Waals surface area contributed by atoms with Crippen molar-refractivity contribution in [1.82, 2.24) is 5.43 Å². The fraction of sp³-hybridized carbons (Fsp3) is 0.200. The van der Waals surface area contributed by atoms with Crippen LogP contribution in [0.3, 0.4) is 0 Å². The minimum atomic E-state index is -0.350. The molecule has 0 spiro atoms. The Hall–Kier alpha value is -3.03. The summed E-state index contributed by atoms with van der Waals surface area (Å²) in [5.74, 6) is 1.47. The van der Waals surface area contributed by atoms with Gasteiger partial charge in [-0.1, -0.05) is 23.7 Å². The smallest absolute Gasteiger partial charge is 0.271 e. The topological polar surface area (TPSA) is 69.2 Å². The number of hydrogen-bond acceptors (Lipinski definition) is 5. The average molecular weight is 532 g/mol. The van der Waals surface area contributed by atoms with Gasteiger partial charge in [-0.3, -0.25) is 4.79 Å². The molecule has 1 N–H and O–H groups in total. The molecular formula is C25H24BrClN2O4. The van der Waals surface area contributed by atoms with Crippen LogP contribution in [0.1, 0.15) is 35.3 Å². The molecule has 0 heterocycles. The van der Waals surface area contributed by atoms with Gasteiger partial charge in [0.15, 0.2) is 11.5 Å². The van der Waals surface area contributed by atoms with E-state index in [4.69, 9.17) is 25.8 Å². The lowest BCUT2D eigenvalue weighted by atomic mass is 10.2. The molecule has 3 aromatic rings. The molecule has 0 aliphatic rings. The maximum absolute atomic E-state index is 12.5. The van der Waals surface area contributed by atoms with E-state index >= 15 is 0 Å². The van der Waals surface area contributed by atoms with Gasteiger partial charge in [0.2, 0.25) is 0 Å². The highest BCUT2D eigenvalue weighted by Gasteiger charge is 2.11. The molecule has 8 heteroatoms. The zero-order chi connectivity index (χ0) is 23.6. The first kappa shape index (κ1) is 24.6. The van der Waals surface area contributed by atoms with Crippen LogP contribution in [0.2, 0.25) is 5.02 Å². The molecule has 0 bridgehead atoms. The van der Waals surface area contributed by atoms with Crippen LogP contribution in [0.4, 0.5) is 0 Å². The largest absolute Gasteiger partial charge is 0.490 e. The predicted octanol–water partition coefficient (Wildman–Crippen LogP) is 6.24. The van der Waals surface area contributed by atoms with Crippen molar-refractivity contribution in [1.29, 1.82) is 0 Å². The lowest BCUT2D eigenvalue weighted by Gasteiger charge is -2.11. The van der Waals surface area contributed by atoms with Gasteiger partial charge in [-0.25, -0.2) is 5.43 Å². The number of nitrogens with zero attached hydrogens (tertiary/aromatic N) is 1. The number of halogens is 2. The molecule has 0 fully saturated rings. The third-order valence-electron chi connectivity index (χ3n) is 4.45. The molecule has 0 saturated heterocycles. The Labute approximate surface area is 206 Å². The second-order valence-electron chi connectivity index (χ2n) is 6.83. The third kappa shape index (κ3) is 7.23. The van der Waals surface area contributed by atoms with Gasteiger partial charge in [0, 0.05) is 10.6 Å². The summed E-state index contributed by atoms with van der Waals surface area (Å²) >= 11 is 9.42. The van der Waals surface area contributed by atoms with Crippen molar-refractivity contribution in [2.45, 2.75) is 20.5 Å². The zero-order valence-corrected chi connectivity index (χ0v) is 20.7. The Morgan fingerprint density at radius 1 is 0.939 bits per heavy atom.